The fourth-order valence-corrected chi connectivity index (χ4v) is 2.77. The Labute approximate surface area is 132 Å². The molecule has 0 bridgehead atoms. The summed E-state index contributed by atoms with van der Waals surface area (Å²) in [7, 11) is 1.62. The molecule has 4 nitrogen and oxygen atoms in total. The van der Waals surface area contributed by atoms with Crippen molar-refractivity contribution in [2.75, 3.05) is 7.11 Å². The molecule has 3 rings (SSSR count). The zero-order chi connectivity index (χ0) is 15.4. The zero-order valence-electron chi connectivity index (χ0n) is 11.8. The Hall–Kier alpha value is -2.71. The first-order chi connectivity index (χ1) is 10.8. The molecule has 3 aromatic rings. The third-order valence-corrected chi connectivity index (χ3v) is 3.93. The van der Waals surface area contributed by atoms with E-state index in [4.69, 9.17) is 9.15 Å². The van der Waals surface area contributed by atoms with Gasteiger partial charge in [-0.2, -0.15) is 10.2 Å². The summed E-state index contributed by atoms with van der Waals surface area (Å²) in [4.78, 5) is 5.18. The highest BCUT2D eigenvalue weighted by atomic mass is 32.2. The van der Waals surface area contributed by atoms with E-state index in [2.05, 4.69) is 11.1 Å². The molecular weight excluding hydrogens is 296 g/mol. The molecule has 1 heterocycles. The van der Waals surface area contributed by atoms with E-state index in [1.54, 1.807) is 7.11 Å². The highest BCUT2D eigenvalue weighted by Crippen LogP contribution is 2.35. The maximum atomic E-state index is 9.25. The van der Waals surface area contributed by atoms with Gasteiger partial charge in [-0.05, 0) is 42.1 Å². The fourth-order valence-electron chi connectivity index (χ4n) is 1.92. The number of nitriles is 1. The van der Waals surface area contributed by atoms with Crippen LogP contribution < -0.4 is 4.74 Å². The highest BCUT2D eigenvalue weighted by molar-refractivity contribution is 7.99. The SMILES string of the molecule is COc1cccc(Sc2oc(-c3ccccc3)nc2C#N)c1. The topological polar surface area (TPSA) is 59.1 Å². The van der Waals surface area contributed by atoms with Gasteiger partial charge in [0.25, 0.3) is 0 Å². The summed E-state index contributed by atoms with van der Waals surface area (Å²) in [6.07, 6.45) is 0. The van der Waals surface area contributed by atoms with Crippen molar-refractivity contribution in [2.24, 2.45) is 0 Å². The lowest BCUT2D eigenvalue weighted by molar-refractivity contribution is 0.413. The number of hydrogen-bond acceptors (Lipinski definition) is 5. The standard InChI is InChI=1S/C17H12N2O2S/c1-20-13-8-5-9-14(10-13)22-17-15(11-18)19-16(21-17)12-6-3-2-4-7-12/h2-10H,1H3. The van der Waals surface area contributed by atoms with Crippen LogP contribution in [0, 0.1) is 11.3 Å². The van der Waals surface area contributed by atoms with Crippen LogP contribution in [0.15, 0.2) is 69.0 Å². The summed E-state index contributed by atoms with van der Waals surface area (Å²) in [6, 6.07) is 19.2. The van der Waals surface area contributed by atoms with Crippen molar-refractivity contribution in [1.29, 1.82) is 5.26 Å². The van der Waals surface area contributed by atoms with Crippen LogP contribution in [0.25, 0.3) is 11.5 Å². The Morgan fingerprint density at radius 1 is 1.14 bits per heavy atom. The number of nitrogens with zero attached hydrogens (tertiary/aromatic N) is 2. The van der Waals surface area contributed by atoms with E-state index >= 15 is 0 Å². The number of hydrogen-bond donors (Lipinski definition) is 0. The molecule has 0 fully saturated rings. The second-order valence-electron chi connectivity index (χ2n) is 4.41. The van der Waals surface area contributed by atoms with E-state index < -0.39 is 0 Å². The molecule has 0 spiro atoms. The smallest absolute Gasteiger partial charge is 0.228 e. The molecule has 0 aliphatic heterocycles. The van der Waals surface area contributed by atoms with Crippen LogP contribution in [0.5, 0.6) is 5.75 Å². The molecular formula is C17H12N2O2S. The quantitative estimate of drug-likeness (QED) is 0.716. The Bertz CT molecular complexity index is 822. The largest absolute Gasteiger partial charge is 0.497 e. The van der Waals surface area contributed by atoms with Gasteiger partial charge in [0, 0.05) is 10.5 Å². The molecule has 0 radical (unpaired) electrons. The van der Waals surface area contributed by atoms with Crippen molar-refractivity contribution in [3.8, 4) is 23.3 Å². The van der Waals surface area contributed by atoms with Gasteiger partial charge >= 0.3 is 0 Å². The first-order valence-corrected chi connectivity index (χ1v) is 7.40. The van der Waals surface area contributed by atoms with Crippen LogP contribution in [-0.2, 0) is 0 Å². The van der Waals surface area contributed by atoms with Crippen molar-refractivity contribution in [3.05, 3.63) is 60.3 Å². The minimum Gasteiger partial charge on any atom is -0.497 e. The third kappa shape index (κ3) is 2.97. The van der Waals surface area contributed by atoms with Crippen molar-refractivity contribution >= 4 is 11.8 Å². The highest BCUT2D eigenvalue weighted by Gasteiger charge is 2.15. The van der Waals surface area contributed by atoms with E-state index in [0.29, 0.717) is 11.0 Å². The minimum atomic E-state index is 0.284. The van der Waals surface area contributed by atoms with Crippen molar-refractivity contribution in [2.45, 2.75) is 9.99 Å². The molecule has 0 saturated heterocycles. The number of aromatic nitrogens is 1. The van der Waals surface area contributed by atoms with Crippen LogP contribution in [0.1, 0.15) is 5.69 Å². The van der Waals surface area contributed by atoms with Crippen LogP contribution in [0.2, 0.25) is 0 Å². The Balaban J connectivity index is 1.94. The lowest BCUT2D eigenvalue weighted by Gasteiger charge is -2.02. The molecule has 22 heavy (non-hydrogen) atoms. The molecule has 1 aromatic heterocycles. The number of benzene rings is 2. The predicted molar refractivity (Wildman–Crippen MR) is 83.8 cm³/mol. The van der Waals surface area contributed by atoms with Gasteiger partial charge in [-0.15, -0.1) is 0 Å². The maximum absolute atomic E-state index is 9.25. The zero-order valence-corrected chi connectivity index (χ0v) is 12.6. The summed E-state index contributed by atoms with van der Waals surface area (Å²) in [5.41, 5.74) is 1.13. The average Bonchev–Trinajstić information content (AvgIpc) is 2.99. The Morgan fingerprint density at radius 2 is 1.95 bits per heavy atom. The molecule has 2 aromatic carbocycles. The van der Waals surface area contributed by atoms with Gasteiger partial charge in [0.2, 0.25) is 11.0 Å². The molecule has 0 saturated carbocycles. The van der Waals surface area contributed by atoms with E-state index in [1.807, 2.05) is 54.6 Å². The van der Waals surface area contributed by atoms with E-state index in [-0.39, 0.29) is 5.69 Å². The van der Waals surface area contributed by atoms with Gasteiger partial charge in [0.15, 0.2) is 5.69 Å². The second kappa shape index (κ2) is 6.37. The van der Waals surface area contributed by atoms with Gasteiger partial charge in [0.05, 0.1) is 7.11 Å². The normalized spacial score (nSPS) is 10.2. The summed E-state index contributed by atoms with van der Waals surface area (Å²) in [5, 5.41) is 9.73. The van der Waals surface area contributed by atoms with Crippen molar-refractivity contribution in [3.63, 3.8) is 0 Å². The van der Waals surface area contributed by atoms with Crippen molar-refractivity contribution < 1.29 is 9.15 Å². The average molecular weight is 308 g/mol. The first-order valence-electron chi connectivity index (χ1n) is 6.58. The summed E-state index contributed by atoms with van der Waals surface area (Å²) >= 11 is 1.35. The molecule has 5 heteroatoms. The first kappa shape index (κ1) is 14.2. The number of oxazole rings is 1. The Kier molecular flexibility index (Phi) is 4.12. The molecule has 0 unspecified atom stereocenters. The Morgan fingerprint density at radius 3 is 2.68 bits per heavy atom. The predicted octanol–water partition coefficient (Wildman–Crippen LogP) is 4.37. The van der Waals surface area contributed by atoms with Crippen molar-refractivity contribution in [1.82, 2.24) is 4.98 Å². The number of ether oxygens (including phenoxy) is 1. The van der Waals surface area contributed by atoms with E-state index in [1.165, 1.54) is 11.8 Å². The van der Waals surface area contributed by atoms with Gasteiger partial charge in [-0.3, -0.25) is 0 Å². The van der Waals surface area contributed by atoms with Crippen LogP contribution in [0.3, 0.4) is 0 Å². The fraction of sp³-hybridized carbons (Fsp3) is 0.0588. The van der Waals surface area contributed by atoms with Crippen LogP contribution >= 0.6 is 11.8 Å². The molecule has 0 atom stereocenters. The number of methoxy groups -OCH3 is 1. The molecule has 0 amide bonds. The molecule has 0 N–H and O–H groups in total. The summed E-state index contributed by atoms with van der Waals surface area (Å²) in [6.45, 7) is 0. The number of rotatable bonds is 4. The lowest BCUT2D eigenvalue weighted by atomic mass is 10.2. The van der Waals surface area contributed by atoms with Gasteiger partial charge in [-0.1, -0.05) is 24.3 Å². The lowest BCUT2D eigenvalue weighted by Crippen LogP contribution is -1.82. The van der Waals surface area contributed by atoms with E-state index in [9.17, 15) is 5.26 Å². The third-order valence-electron chi connectivity index (χ3n) is 2.97. The molecule has 0 aliphatic rings. The van der Waals surface area contributed by atoms with Crippen LogP contribution in [0.4, 0.5) is 0 Å². The summed E-state index contributed by atoms with van der Waals surface area (Å²) in [5.74, 6) is 1.20. The molecule has 108 valence electrons. The monoisotopic (exact) mass is 308 g/mol. The maximum Gasteiger partial charge on any atom is 0.228 e. The van der Waals surface area contributed by atoms with Gasteiger partial charge in [0.1, 0.15) is 11.8 Å². The second-order valence-corrected chi connectivity index (χ2v) is 5.46. The molecule has 0 aliphatic carbocycles. The van der Waals surface area contributed by atoms with E-state index in [0.717, 1.165) is 16.2 Å². The summed E-state index contributed by atoms with van der Waals surface area (Å²) < 4.78 is 11.0. The van der Waals surface area contributed by atoms with Gasteiger partial charge < -0.3 is 9.15 Å². The van der Waals surface area contributed by atoms with Gasteiger partial charge in [-0.25, -0.2) is 0 Å². The van der Waals surface area contributed by atoms with Crippen LogP contribution in [-0.4, -0.2) is 12.1 Å². The minimum absolute atomic E-state index is 0.284.